The highest BCUT2D eigenvalue weighted by Gasteiger charge is 2.15. The summed E-state index contributed by atoms with van der Waals surface area (Å²) in [6.45, 7) is 0.647. The van der Waals surface area contributed by atoms with Crippen LogP contribution in [-0.2, 0) is 9.59 Å². The lowest BCUT2D eigenvalue weighted by atomic mass is 10.1. The Labute approximate surface area is 66.2 Å². The van der Waals surface area contributed by atoms with Crippen molar-refractivity contribution in [3.8, 4) is 0 Å². The first-order valence-corrected chi connectivity index (χ1v) is 3.99. The van der Waals surface area contributed by atoms with Crippen LogP contribution in [0.1, 0.15) is 25.7 Å². The molecule has 0 spiro atoms. The summed E-state index contributed by atoms with van der Waals surface area (Å²) in [7, 11) is 0. The van der Waals surface area contributed by atoms with Crippen LogP contribution in [0.15, 0.2) is 0 Å². The highest BCUT2D eigenvalue weighted by Crippen LogP contribution is 2.23. The summed E-state index contributed by atoms with van der Waals surface area (Å²) in [4.78, 5) is 20.2. The molecule has 0 atom stereocenters. The zero-order valence-electron chi connectivity index (χ0n) is 6.43. The lowest BCUT2D eigenvalue weighted by molar-refractivity contribution is -0.115. The van der Waals surface area contributed by atoms with Crippen LogP contribution in [0.4, 0.5) is 0 Å². The summed E-state index contributed by atoms with van der Waals surface area (Å²) >= 11 is 0. The van der Waals surface area contributed by atoms with Gasteiger partial charge in [0.2, 0.25) is 0 Å². The number of nitrogens with one attached hydrogen (secondary N) is 1. The molecule has 0 aromatic carbocycles. The van der Waals surface area contributed by atoms with Gasteiger partial charge in [0, 0.05) is 6.54 Å². The molecule has 0 bridgehead atoms. The third-order valence-electron chi connectivity index (χ3n) is 2.12. The first-order chi connectivity index (χ1) is 5.33. The Hall–Kier alpha value is -0.860. The molecular weight excluding hydrogens is 142 g/mol. The van der Waals surface area contributed by atoms with Crippen molar-refractivity contribution < 1.29 is 9.59 Å². The van der Waals surface area contributed by atoms with E-state index in [-0.39, 0.29) is 0 Å². The minimum Gasteiger partial charge on any atom is -0.349 e. The summed E-state index contributed by atoms with van der Waals surface area (Å²) in [6.07, 6.45) is 6.16. The number of carbonyl (C=O) groups excluding carboxylic acids is 2. The molecule has 3 heteroatoms. The van der Waals surface area contributed by atoms with Crippen molar-refractivity contribution in [1.29, 1.82) is 0 Å². The van der Waals surface area contributed by atoms with Crippen molar-refractivity contribution in [3.63, 3.8) is 0 Å². The third-order valence-corrected chi connectivity index (χ3v) is 2.12. The summed E-state index contributed by atoms with van der Waals surface area (Å²) < 4.78 is 0. The Kier molecular flexibility index (Phi) is 3.08. The number of rotatable bonds is 3. The molecule has 0 aromatic rings. The predicted octanol–water partition coefficient (Wildman–Crippen LogP) is 0.402. The monoisotopic (exact) mass is 154 g/mol. The van der Waals surface area contributed by atoms with Crippen LogP contribution in [-0.4, -0.2) is 18.7 Å². The Morgan fingerprint density at radius 3 is 2.64 bits per heavy atom. The SMILES string of the molecule is O=[C]C(=O)NCC1CCCC1. The largest absolute Gasteiger partial charge is 0.349 e. The van der Waals surface area contributed by atoms with Gasteiger partial charge in [0.25, 0.3) is 12.2 Å². The van der Waals surface area contributed by atoms with Gasteiger partial charge in [0.1, 0.15) is 0 Å². The van der Waals surface area contributed by atoms with Crippen LogP contribution in [0, 0.1) is 5.92 Å². The summed E-state index contributed by atoms with van der Waals surface area (Å²) in [5.74, 6) is -0.0239. The van der Waals surface area contributed by atoms with Crippen molar-refractivity contribution >= 4 is 12.2 Å². The summed E-state index contributed by atoms with van der Waals surface area (Å²) in [5.41, 5.74) is 0. The Balaban J connectivity index is 2.10. The molecule has 0 unspecified atom stereocenters. The molecule has 1 saturated carbocycles. The molecule has 1 amide bonds. The highest BCUT2D eigenvalue weighted by molar-refractivity contribution is 6.23. The van der Waals surface area contributed by atoms with Crippen LogP contribution in [0.5, 0.6) is 0 Å². The van der Waals surface area contributed by atoms with E-state index in [2.05, 4.69) is 5.32 Å². The van der Waals surface area contributed by atoms with Crippen LogP contribution >= 0.6 is 0 Å². The van der Waals surface area contributed by atoms with Crippen molar-refractivity contribution in [2.24, 2.45) is 5.92 Å². The van der Waals surface area contributed by atoms with E-state index >= 15 is 0 Å². The van der Waals surface area contributed by atoms with E-state index in [4.69, 9.17) is 0 Å². The minimum atomic E-state index is -0.614. The molecule has 1 rings (SSSR count). The quantitative estimate of drug-likeness (QED) is 0.598. The van der Waals surface area contributed by atoms with Crippen LogP contribution in [0.3, 0.4) is 0 Å². The summed E-state index contributed by atoms with van der Waals surface area (Å²) in [6, 6.07) is 0. The van der Waals surface area contributed by atoms with Crippen LogP contribution in [0.25, 0.3) is 0 Å². The zero-order valence-corrected chi connectivity index (χ0v) is 6.43. The lowest BCUT2D eigenvalue weighted by Crippen LogP contribution is -2.28. The Bertz CT molecular complexity index is 150. The second kappa shape index (κ2) is 4.11. The maximum Gasteiger partial charge on any atom is 0.296 e. The molecular formula is C8H12NO2. The third kappa shape index (κ3) is 2.70. The lowest BCUT2D eigenvalue weighted by Gasteiger charge is -2.06. The maximum atomic E-state index is 10.4. The van der Waals surface area contributed by atoms with Crippen LogP contribution < -0.4 is 5.32 Å². The molecule has 1 aliphatic rings. The average Bonchev–Trinajstić information content (AvgIpc) is 2.52. The van der Waals surface area contributed by atoms with Gasteiger partial charge in [-0.2, -0.15) is 0 Å². The average molecular weight is 154 g/mol. The summed E-state index contributed by atoms with van der Waals surface area (Å²) in [5, 5.41) is 2.51. The molecule has 0 saturated heterocycles. The van der Waals surface area contributed by atoms with E-state index < -0.39 is 5.91 Å². The molecule has 1 N–H and O–H groups in total. The molecule has 1 radical (unpaired) electrons. The van der Waals surface area contributed by atoms with E-state index in [1.54, 1.807) is 0 Å². The smallest absolute Gasteiger partial charge is 0.296 e. The van der Waals surface area contributed by atoms with Crippen molar-refractivity contribution in [2.45, 2.75) is 25.7 Å². The number of amides is 1. The van der Waals surface area contributed by atoms with Gasteiger partial charge >= 0.3 is 0 Å². The van der Waals surface area contributed by atoms with Crippen molar-refractivity contribution in [2.75, 3.05) is 6.54 Å². The van der Waals surface area contributed by atoms with Gasteiger partial charge in [-0.3, -0.25) is 9.59 Å². The topological polar surface area (TPSA) is 46.2 Å². The minimum absolute atomic E-state index is 0.590. The van der Waals surface area contributed by atoms with Gasteiger partial charge in [-0.05, 0) is 18.8 Å². The van der Waals surface area contributed by atoms with E-state index in [9.17, 15) is 9.59 Å². The zero-order chi connectivity index (χ0) is 8.10. The fraction of sp³-hybridized carbons (Fsp3) is 0.750. The molecule has 61 valence electrons. The standard InChI is InChI=1S/C8H12NO2/c10-6-8(11)9-5-7-3-1-2-4-7/h7H,1-5H2,(H,9,11). The first-order valence-electron chi connectivity index (χ1n) is 3.99. The molecule has 0 aromatic heterocycles. The maximum absolute atomic E-state index is 10.4. The van der Waals surface area contributed by atoms with E-state index in [0.29, 0.717) is 12.5 Å². The van der Waals surface area contributed by atoms with E-state index in [1.807, 2.05) is 0 Å². The Morgan fingerprint density at radius 1 is 1.45 bits per heavy atom. The predicted molar refractivity (Wildman–Crippen MR) is 40.7 cm³/mol. The number of hydrogen-bond acceptors (Lipinski definition) is 2. The van der Waals surface area contributed by atoms with Crippen LogP contribution in [0.2, 0.25) is 0 Å². The number of carbonyl (C=O) groups is 1. The van der Waals surface area contributed by atoms with E-state index in [1.165, 1.54) is 32.0 Å². The normalized spacial score (nSPS) is 18.2. The molecule has 0 aliphatic heterocycles. The fourth-order valence-corrected chi connectivity index (χ4v) is 1.49. The first kappa shape index (κ1) is 8.24. The van der Waals surface area contributed by atoms with Gasteiger partial charge in [0.15, 0.2) is 0 Å². The highest BCUT2D eigenvalue weighted by atomic mass is 16.2. The molecule has 3 nitrogen and oxygen atoms in total. The second-order valence-corrected chi connectivity index (χ2v) is 2.96. The molecule has 1 aliphatic carbocycles. The van der Waals surface area contributed by atoms with Gasteiger partial charge in [-0.15, -0.1) is 0 Å². The Morgan fingerprint density at radius 2 is 2.09 bits per heavy atom. The van der Waals surface area contributed by atoms with Gasteiger partial charge in [-0.1, -0.05) is 12.8 Å². The molecule has 11 heavy (non-hydrogen) atoms. The van der Waals surface area contributed by atoms with Crippen molar-refractivity contribution in [3.05, 3.63) is 0 Å². The molecule has 1 fully saturated rings. The van der Waals surface area contributed by atoms with Gasteiger partial charge < -0.3 is 5.32 Å². The molecule has 0 heterocycles. The van der Waals surface area contributed by atoms with Crippen molar-refractivity contribution in [1.82, 2.24) is 5.32 Å². The number of hydrogen-bond donors (Lipinski definition) is 1. The fourth-order valence-electron chi connectivity index (χ4n) is 1.49. The second-order valence-electron chi connectivity index (χ2n) is 2.96. The van der Waals surface area contributed by atoms with Gasteiger partial charge in [0.05, 0.1) is 0 Å². The van der Waals surface area contributed by atoms with E-state index in [0.717, 1.165) is 0 Å². The van der Waals surface area contributed by atoms with Gasteiger partial charge in [-0.25, -0.2) is 0 Å².